The molecule has 0 fully saturated rings. The minimum Gasteiger partial charge on any atom is -0.318 e. The minimum atomic E-state index is -3.75. The van der Waals surface area contributed by atoms with E-state index in [0.717, 1.165) is 17.1 Å². The van der Waals surface area contributed by atoms with E-state index in [1.54, 1.807) is 28.3 Å². The predicted octanol–water partition coefficient (Wildman–Crippen LogP) is 1.97. The average molecular weight is 390 g/mol. The Kier molecular flexibility index (Phi) is 4.70. The van der Waals surface area contributed by atoms with E-state index < -0.39 is 10.0 Å². The van der Waals surface area contributed by atoms with Crippen molar-refractivity contribution in [2.24, 2.45) is 5.14 Å². The number of Topliss-reactive ketones (excluding diaryl/α,β-unsaturated/α-hetero) is 1. The Morgan fingerprint density at radius 2 is 1.88 bits per heavy atom. The zero-order valence-corrected chi connectivity index (χ0v) is 15.9. The van der Waals surface area contributed by atoms with E-state index >= 15 is 0 Å². The molecule has 1 aromatic carbocycles. The van der Waals surface area contributed by atoms with Crippen LogP contribution in [0.1, 0.15) is 21.7 Å². The largest absolute Gasteiger partial charge is 0.318 e. The van der Waals surface area contributed by atoms with Crippen LogP contribution in [0.2, 0.25) is 0 Å². The lowest BCUT2D eigenvalue weighted by Gasteiger charge is -2.10. The lowest BCUT2D eigenvalue weighted by atomic mass is 10.1. The summed E-state index contributed by atoms with van der Waals surface area (Å²) in [6, 6.07) is 8.01. The summed E-state index contributed by atoms with van der Waals surface area (Å²) >= 11 is 1.27. The Balaban J connectivity index is 1.97. The number of primary sulfonamides is 1. The monoisotopic (exact) mass is 390 g/mol. The van der Waals surface area contributed by atoms with Crippen molar-refractivity contribution in [2.45, 2.75) is 25.3 Å². The molecule has 0 aliphatic rings. The van der Waals surface area contributed by atoms with Crippen LogP contribution in [0.15, 0.2) is 46.8 Å². The molecule has 2 aromatic heterocycles. The van der Waals surface area contributed by atoms with E-state index in [9.17, 15) is 13.2 Å². The van der Waals surface area contributed by atoms with Crippen LogP contribution < -0.4 is 9.94 Å². The first-order chi connectivity index (χ1) is 12.2. The number of carbonyl (C=O) groups excluding carboxylic acids is 1. The molecule has 0 bridgehead atoms. The molecule has 0 radical (unpaired) electrons. The van der Waals surface area contributed by atoms with Gasteiger partial charge in [0.15, 0.2) is 10.6 Å². The van der Waals surface area contributed by atoms with Crippen LogP contribution in [0.4, 0.5) is 0 Å². The number of nitrogens with zero attached hydrogens (tertiary/aromatic N) is 2. The van der Waals surface area contributed by atoms with Gasteiger partial charge in [0.2, 0.25) is 10.0 Å². The van der Waals surface area contributed by atoms with Crippen LogP contribution in [-0.4, -0.2) is 23.3 Å². The lowest BCUT2D eigenvalue weighted by molar-refractivity contribution is 0.0970. The van der Waals surface area contributed by atoms with Gasteiger partial charge >= 0.3 is 0 Å². The van der Waals surface area contributed by atoms with Crippen molar-refractivity contribution in [2.75, 3.05) is 0 Å². The Hall–Kier alpha value is -2.49. The molecule has 0 spiro atoms. The Morgan fingerprint density at radius 1 is 1.23 bits per heavy atom. The van der Waals surface area contributed by atoms with Gasteiger partial charge in [0.1, 0.15) is 0 Å². The topological polar surface area (TPSA) is 111 Å². The van der Waals surface area contributed by atoms with Gasteiger partial charge in [0.25, 0.3) is 0 Å². The number of nitrogens with one attached hydrogen (secondary N) is 1. The lowest BCUT2D eigenvalue weighted by Crippen LogP contribution is -2.19. The standard InChI is InChI=1S/C17H18N4O3S2/c1-11-9-15(16(22)10-20-7-8-25-17(20)18)12(2)21(11)13-3-5-14(6-4-13)26(19,23)24/h3-9,18H,10H2,1-2H3,(H2,19,23,24). The second kappa shape index (κ2) is 6.67. The van der Waals surface area contributed by atoms with Crippen LogP contribution >= 0.6 is 11.3 Å². The summed E-state index contributed by atoms with van der Waals surface area (Å²) < 4.78 is 26.3. The smallest absolute Gasteiger partial charge is 0.238 e. The summed E-state index contributed by atoms with van der Waals surface area (Å²) in [5.74, 6) is -0.0811. The Bertz CT molecular complexity index is 1140. The number of carbonyl (C=O) groups is 1. The molecule has 0 aliphatic heterocycles. The molecule has 9 heteroatoms. The number of thiazole rings is 1. The molecule has 26 heavy (non-hydrogen) atoms. The molecule has 3 rings (SSSR count). The van der Waals surface area contributed by atoms with Crippen LogP contribution in [0, 0.1) is 19.3 Å². The maximum Gasteiger partial charge on any atom is 0.238 e. The second-order valence-electron chi connectivity index (χ2n) is 5.92. The summed E-state index contributed by atoms with van der Waals surface area (Å²) in [6.45, 7) is 3.83. The summed E-state index contributed by atoms with van der Waals surface area (Å²) in [5, 5.41) is 14.7. The van der Waals surface area contributed by atoms with Gasteiger partial charge in [-0.3, -0.25) is 10.2 Å². The van der Waals surface area contributed by atoms with Crippen molar-refractivity contribution in [3.63, 3.8) is 0 Å². The van der Waals surface area contributed by atoms with Gasteiger partial charge in [-0.05, 0) is 44.2 Å². The number of aryl methyl sites for hydroxylation is 1. The summed E-state index contributed by atoms with van der Waals surface area (Å²) in [4.78, 5) is 13.0. The van der Waals surface area contributed by atoms with Crippen molar-refractivity contribution < 1.29 is 13.2 Å². The third-order valence-corrected chi connectivity index (χ3v) is 5.80. The highest BCUT2D eigenvalue weighted by Gasteiger charge is 2.18. The molecule has 3 N–H and O–H groups in total. The Morgan fingerprint density at radius 3 is 2.42 bits per heavy atom. The van der Waals surface area contributed by atoms with Gasteiger partial charge in [0.05, 0.1) is 11.4 Å². The predicted molar refractivity (Wildman–Crippen MR) is 99.1 cm³/mol. The third-order valence-electron chi connectivity index (χ3n) is 4.15. The fourth-order valence-corrected chi connectivity index (χ4v) is 4.01. The molecular weight excluding hydrogens is 372 g/mol. The van der Waals surface area contributed by atoms with Crippen molar-refractivity contribution >= 4 is 27.1 Å². The van der Waals surface area contributed by atoms with Crippen LogP contribution in [-0.2, 0) is 16.6 Å². The molecule has 136 valence electrons. The highest BCUT2D eigenvalue weighted by Crippen LogP contribution is 2.22. The van der Waals surface area contributed by atoms with E-state index in [1.807, 2.05) is 24.5 Å². The van der Waals surface area contributed by atoms with Crippen molar-refractivity contribution in [1.82, 2.24) is 9.13 Å². The molecule has 0 amide bonds. The number of aromatic nitrogens is 2. The molecule has 0 unspecified atom stereocenters. The summed E-state index contributed by atoms with van der Waals surface area (Å²) in [6.07, 6.45) is 1.72. The van der Waals surface area contributed by atoms with E-state index in [1.165, 1.54) is 23.5 Å². The molecule has 0 saturated carbocycles. The molecular formula is C17H18N4O3S2. The summed E-state index contributed by atoms with van der Waals surface area (Å²) in [7, 11) is -3.75. The number of benzene rings is 1. The maximum atomic E-state index is 12.7. The zero-order chi connectivity index (χ0) is 19.1. The fourth-order valence-electron chi connectivity index (χ4n) is 2.90. The van der Waals surface area contributed by atoms with E-state index in [4.69, 9.17) is 10.5 Å². The fraction of sp³-hybridized carbons (Fsp3) is 0.176. The number of nitrogens with two attached hydrogens (primary N) is 1. The molecule has 3 aromatic rings. The van der Waals surface area contributed by atoms with Crippen LogP contribution in [0.25, 0.3) is 5.69 Å². The highest BCUT2D eigenvalue weighted by atomic mass is 32.2. The number of ketones is 1. The normalized spacial score (nSPS) is 11.7. The van der Waals surface area contributed by atoms with Crippen LogP contribution in [0.3, 0.4) is 0 Å². The van der Waals surface area contributed by atoms with Crippen LogP contribution in [0.5, 0.6) is 0 Å². The SMILES string of the molecule is Cc1cc(C(=O)Cn2ccsc2=N)c(C)n1-c1ccc(S(N)(=O)=O)cc1. The van der Waals surface area contributed by atoms with Crippen molar-refractivity contribution in [1.29, 1.82) is 5.41 Å². The number of rotatable bonds is 5. The maximum absolute atomic E-state index is 12.7. The van der Waals surface area contributed by atoms with Gasteiger partial charge in [-0.25, -0.2) is 13.6 Å². The number of hydrogen-bond acceptors (Lipinski definition) is 5. The molecule has 7 nitrogen and oxygen atoms in total. The number of sulfonamides is 1. The van der Waals surface area contributed by atoms with Crippen molar-refractivity contribution in [3.8, 4) is 5.69 Å². The van der Waals surface area contributed by atoms with Gasteiger partial charge in [-0.1, -0.05) is 0 Å². The zero-order valence-electron chi connectivity index (χ0n) is 14.3. The molecule has 0 saturated heterocycles. The average Bonchev–Trinajstić information content (AvgIpc) is 3.10. The second-order valence-corrected chi connectivity index (χ2v) is 8.37. The first kappa shape index (κ1) is 18.3. The Labute approximate surface area is 154 Å². The van der Waals surface area contributed by atoms with Gasteiger partial charge in [-0.2, -0.15) is 0 Å². The first-order valence-electron chi connectivity index (χ1n) is 7.72. The minimum absolute atomic E-state index is 0.0387. The van der Waals surface area contributed by atoms with E-state index in [0.29, 0.717) is 10.4 Å². The summed E-state index contributed by atoms with van der Waals surface area (Å²) in [5.41, 5.74) is 2.95. The van der Waals surface area contributed by atoms with Crippen molar-refractivity contribution in [3.05, 3.63) is 63.7 Å². The third kappa shape index (κ3) is 3.41. The quantitative estimate of drug-likeness (QED) is 0.650. The highest BCUT2D eigenvalue weighted by molar-refractivity contribution is 7.89. The van der Waals surface area contributed by atoms with Gasteiger partial charge in [0, 0.05) is 34.2 Å². The molecule has 0 atom stereocenters. The van der Waals surface area contributed by atoms with E-state index in [-0.39, 0.29) is 17.2 Å². The van der Waals surface area contributed by atoms with Gasteiger partial charge < -0.3 is 9.13 Å². The van der Waals surface area contributed by atoms with Gasteiger partial charge in [-0.15, -0.1) is 11.3 Å². The first-order valence-corrected chi connectivity index (χ1v) is 10.1. The molecule has 2 heterocycles. The molecule has 0 aliphatic carbocycles. The van der Waals surface area contributed by atoms with E-state index in [2.05, 4.69) is 0 Å². The number of hydrogen-bond donors (Lipinski definition) is 2.